The van der Waals surface area contributed by atoms with E-state index in [0.29, 0.717) is 0 Å². The van der Waals surface area contributed by atoms with Crippen LogP contribution in [0.4, 0.5) is 0 Å². The third kappa shape index (κ3) is 3.24. The highest BCUT2D eigenvalue weighted by molar-refractivity contribution is 5.32. The smallest absolute Gasteiger partial charge is 0.0195 e. The van der Waals surface area contributed by atoms with E-state index >= 15 is 0 Å². The van der Waals surface area contributed by atoms with E-state index in [2.05, 4.69) is 41.4 Å². The lowest BCUT2D eigenvalue weighted by Gasteiger charge is -2.32. The summed E-state index contributed by atoms with van der Waals surface area (Å²) in [5.41, 5.74) is 3.22. The van der Waals surface area contributed by atoms with Gasteiger partial charge in [0.05, 0.1) is 0 Å². The van der Waals surface area contributed by atoms with Crippen LogP contribution in [0, 0.1) is 0 Å². The second-order valence-electron chi connectivity index (χ2n) is 6.43. The standard InChI is InChI=1S/C18H28N2/c1-2-20(14-17-10-6-12-19-17)13-16-9-5-8-15-7-3-4-11-18(15)16/h3-4,7,11,16-17,19H,2,5-6,8-10,12-14H2,1H3. The molecule has 2 unspecified atom stereocenters. The first-order valence-corrected chi connectivity index (χ1v) is 8.40. The molecule has 110 valence electrons. The van der Waals surface area contributed by atoms with Crippen LogP contribution in [0.5, 0.6) is 0 Å². The first-order valence-electron chi connectivity index (χ1n) is 8.40. The number of hydrogen-bond donors (Lipinski definition) is 1. The molecule has 3 rings (SSSR count). The maximum absolute atomic E-state index is 3.64. The molecule has 1 heterocycles. The van der Waals surface area contributed by atoms with Gasteiger partial charge in [0.25, 0.3) is 0 Å². The van der Waals surface area contributed by atoms with Crippen molar-refractivity contribution >= 4 is 0 Å². The molecule has 1 aromatic carbocycles. The number of rotatable bonds is 5. The molecule has 2 atom stereocenters. The van der Waals surface area contributed by atoms with Crippen molar-refractivity contribution in [1.82, 2.24) is 10.2 Å². The van der Waals surface area contributed by atoms with Gasteiger partial charge in [-0.25, -0.2) is 0 Å². The molecule has 2 aliphatic rings. The van der Waals surface area contributed by atoms with Crippen LogP contribution in [0.25, 0.3) is 0 Å². The van der Waals surface area contributed by atoms with Crippen molar-refractivity contribution in [2.75, 3.05) is 26.2 Å². The Labute approximate surface area is 123 Å². The average molecular weight is 272 g/mol. The van der Waals surface area contributed by atoms with E-state index in [1.807, 2.05) is 0 Å². The molecule has 0 radical (unpaired) electrons. The summed E-state index contributed by atoms with van der Waals surface area (Å²) < 4.78 is 0. The summed E-state index contributed by atoms with van der Waals surface area (Å²) in [6, 6.07) is 9.83. The summed E-state index contributed by atoms with van der Waals surface area (Å²) >= 11 is 0. The lowest BCUT2D eigenvalue weighted by Crippen LogP contribution is -2.39. The number of nitrogens with one attached hydrogen (secondary N) is 1. The topological polar surface area (TPSA) is 15.3 Å². The lowest BCUT2D eigenvalue weighted by molar-refractivity contribution is 0.238. The van der Waals surface area contributed by atoms with Gasteiger partial charge < -0.3 is 10.2 Å². The zero-order valence-electron chi connectivity index (χ0n) is 12.8. The lowest BCUT2D eigenvalue weighted by atomic mass is 9.82. The summed E-state index contributed by atoms with van der Waals surface area (Å²) in [6.45, 7) is 7.18. The van der Waals surface area contributed by atoms with Crippen LogP contribution in [0.15, 0.2) is 24.3 Å². The Bertz CT molecular complexity index is 423. The Morgan fingerprint density at radius 1 is 1.15 bits per heavy atom. The van der Waals surface area contributed by atoms with Crippen molar-refractivity contribution < 1.29 is 0 Å². The van der Waals surface area contributed by atoms with Gasteiger partial charge in [0.1, 0.15) is 0 Å². The van der Waals surface area contributed by atoms with Gasteiger partial charge in [0, 0.05) is 19.1 Å². The van der Waals surface area contributed by atoms with Crippen molar-refractivity contribution in [1.29, 1.82) is 0 Å². The first-order chi connectivity index (χ1) is 9.86. The largest absolute Gasteiger partial charge is 0.313 e. The van der Waals surface area contributed by atoms with Gasteiger partial charge in [-0.2, -0.15) is 0 Å². The molecule has 0 aromatic heterocycles. The predicted molar refractivity (Wildman–Crippen MR) is 85.3 cm³/mol. The van der Waals surface area contributed by atoms with Gasteiger partial charge in [-0.05, 0) is 62.2 Å². The minimum Gasteiger partial charge on any atom is -0.313 e. The molecule has 1 saturated heterocycles. The number of hydrogen-bond acceptors (Lipinski definition) is 2. The Hall–Kier alpha value is -0.860. The molecule has 2 heteroatoms. The van der Waals surface area contributed by atoms with Gasteiger partial charge in [-0.3, -0.25) is 0 Å². The average Bonchev–Trinajstić information content (AvgIpc) is 3.00. The molecule has 1 aliphatic carbocycles. The SMILES string of the molecule is CCN(CC1CCCN1)CC1CCCc2ccccc21. The van der Waals surface area contributed by atoms with E-state index in [0.717, 1.165) is 12.0 Å². The molecule has 2 nitrogen and oxygen atoms in total. The maximum Gasteiger partial charge on any atom is 0.0195 e. The van der Waals surface area contributed by atoms with Crippen LogP contribution >= 0.6 is 0 Å². The number of nitrogens with zero attached hydrogens (tertiary/aromatic N) is 1. The molecule has 0 amide bonds. The molecule has 1 fully saturated rings. The zero-order valence-corrected chi connectivity index (χ0v) is 12.8. The number of benzene rings is 1. The van der Waals surface area contributed by atoms with E-state index in [4.69, 9.17) is 0 Å². The van der Waals surface area contributed by atoms with E-state index < -0.39 is 0 Å². The van der Waals surface area contributed by atoms with E-state index in [9.17, 15) is 0 Å². The van der Waals surface area contributed by atoms with Crippen molar-refractivity contribution in [3.05, 3.63) is 35.4 Å². The van der Waals surface area contributed by atoms with Gasteiger partial charge in [-0.15, -0.1) is 0 Å². The van der Waals surface area contributed by atoms with Crippen LogP contribution < -0.4 is 5.32 Å². The summed E-state index contributed by atoms with van der Waals surface area (Å²) in [5, 5.41) is 3.64. The van der Waals surface area contributed by atoms with Crippen LogP contribution in [0.3, 0.4) is 0 Å². The highest BCUT2D eigenvalue weighted by atomic mass is 15.2. The van der Waals surface area contributed by atoms with Crippen LogP contribution in [0.1, 0.15) is 49.7 Å². The van der Waals surface area contributed by atoms with Gasteiger partial charge in [0.15, 0.2) is 0 Å². The Kier molecular flexibility index (Phi) is 4.74. The second kappa shape index (κ2) is 6.73. The van der Waals surface area contributed by atoms with Gasteiger partial charge >= 0.3 is 0 Å². The quantitative estimate of drug-likeness (QED) is 0.885. The number of likely N-dealkylation sites (N-methyl/N-ethyl adjacent to an activating group) is 1. The fourth-order valence-electron chi connectivity index (χ4n) is 3.91. The first kappa shape index (κ1) is 14.1. The van der Waals surface area contributed by atoms with Gasteiger partial charge in [0.2, 0.25) is 0 Å². The Morgan fingerprint density at radius 2 is 2.05 bits per heavy atom. The van der Waals surface area contributed by atoms with Crippen molar-refractivity contribution in [2.24, 2.45) is 0 Å². The highest BCUT2D eigenvalue weighted by Crippen LogP contribution is 2.32. The summed E-state index contributed by atoms with van der Waals surface area (Å²) in [4.78, 5) is 2.66. The van der Waals surface area contributed by atoms with E-state index in [1.165, 1.54) is 58.3 Å². The molecule has 0 spiro atoms. The van der Waals surface area contributed by atoms with Crippen LogP contribution in [-0.4, -0.2) is 37.1 Å². The van der Waals surface area contributed by atoms with E-state index in [1.54, 1.807) is 11.1 Å². The molecule has 1 N–H and O–H groups in total. The van der Waals surface area contributed by atoms with Gasteiger partial charge in [-0.1, -0.05) is 31.2 Å². The fraction of sp³-hybridized carbons (Fsp3) is 0.667. The summed E-state index contributed by atoms with van der Waals surface area (Å²) in [7, 11) is 0. The molecular weight excluding hydrogens is 244 g/mol. The minimum atomic E-state index is 0.730. The second-order valence-corrected chi connectivity index (χ2v) is 6.43. The highest BCUT2D eigenvalue weighted by Gasteiger charge is 2.23. The fourth-order valence-corrected chi connectivity index (χ4v) is 3.91. The molecule has 20 heavy (non-hydrogen) atoms. The maximum atomic E-state index is 3.64. The predicted octanol–water partition coefficient (Wildman–Crippen LogP) is 3.18. The monoisotopic (exact) mass is 272 g/mol. The third-order valence-electron chi connectivity index (χ3n) is 5.06. The van der Waals surface area contributed by atoms with Crippen molar-refractivity contribution in [3.63, 3.8) is 0 Å². The number of aryl methyl sites for hydroxylation is 1. The molecular formula is C18H28N2. The molecule has 0 saturated carbocycles. The van der Waals surface area contributed by atoms with Crippen LogP contribution in [0.2, 0.25) is 0 Å². The van der Waals surface area contributed by atoms with E-state index in [-0.39, 0.29) is 0 Å². The number of fused-ring (bicyclic) bond motifs is 1. The Morgan fingerprint density at radius 3 is 2.85 bits per heavy atom. The summed E-state index contributed by atoms with van der Waals surface area (Å²) in [6.07, 6.45) is 6.72. The minimum absolute atomic E-state index is 0.730. The Balaban J connectivity index is 1.64. The third-order valence-corrected chi connectivity index (χ3v) is 5.06. The zero-order chi connectivity index (χ0) is 13.8. The molecule has 0 bridgehead atoms. The molecule has 1 aliphatic heterocycles. The molecule has 1 aromatic rings. The van der Waals surface area contributed by atoms with Crippen LogP contribution in [-0.2, 0) is 6.42 Å². The van der Waals surface area contributed by atoms with Crippen molar-refractivity contribution in [2.45, 2.75) is 51.0 Å². The van der Waals surface area contributed by atoms with Crippen molar-refractivity contribution in [3.8, 4) is 0 Å². The normalized spacial score (nSPS) is 25.9. The summed E-state index contributed by atoms with van der Waals surface area (Å²) in [5.74, 6) is 0.751.